The van der Waals surface area contributed by atoms with Gasteiger partial charge in [0.15, 0.2) is 0 Å². The minimum Gasteiger partial charge on any atom is -0.422 e. The highest BCUT2D eigenvalue weighted by molar-refractivity contribution is 6.36. The number of nitrogens with zero attached hydrogens (tertiary/aromatic N) is 2. The largest absolute Gasteiger partial charge is 0.422 e. The van der Waals surface area contributed by atoms with Crippen LogP contribution in [0.1, 0.15) is 15.9 Å². The van der Waals surface area contributed by atoms with Gasteiger partial charge in [0, 0.05) is 22.7 Å². The lowest BCUT2D eigenvalue weighted by Gasteiger charge is -2.14. The van der Waals surface area contributed by atoms with Crippen LogP contribution in [-0.2, 0) is 9.59 Å². The van der Waals surface area contributed by atoms with Gasteiger partial charge in [-0.15, -0.1) is 0 Å². The first-order valence-electron chi connectivity index (χ1n) is 9.62. The average molecular weight is 498 g/mol. The highest BCUT2D eigenvalue weighted by atomic mass is 35.5. The van der Waals surface area contributed by atoms with E-state index in [9.17, 15) is 24.5 Å². The maximum absolute atomic E-state index is 12.9. The minimum absolute atomic E-state index is 0.00737. The second-order valence-electron chi connectivity index (χ2n) is 6.97. The molecular formula is C23H13Cl2N3O6. The van der Waals surface area contributed by atoms with Gasteiger partial charge in [0.1, 0.15) is 11.3 Å². The number of anilines is 1. The standard InChI is InChI=1S/C23H13Cl2N3O6/c24-14-6-8-17(19(25)12-14)23(31)34-20-9-7-16(28(32)33)10-13(20)11-18-21(29)26-27(22(18)30)15-4-2-1-3-5-15/h1-12H,(H,26,29)/b18-11-. The van der Waals surface area contributed by atoms with Crippen LogP contribution in [0.5, 0.6) is 5.75 Å². The molecule has 1 aliphatic rings. The molecule has 0 aliphatic carbocycles. The third kappa shape index (κ3) is 4.61. The number of rotatable bonds is 5. The molecule has 0 atom stereocenters. The zero-order valence-electron chi connectivity index (χ0n) is 17.0. The number of carbonyl (C=O) groups excluding carboxylic acids is 3. The number of hydrogen-bond acceptors (Lipinski definition) is 6. The highest BCUT2D eigenvalue weighted by Gasteiger charge is 2.35. The van der Waals surface area contributed by atoms with E-state index in [2.05, 4.69) is 5.43 Å². The van der Waals surface area contributed by atoms with Crippen LogP contribution < -0.4 is 15.2 Å². The van der Waals surface area contributed by atoms with Crippen molar-refractivity contribution >= 4 is 58.4 Å². The smallest absolute Gasteiger partial charge is 0.345 e. The second-order valence-corrected chi connectivity index (χ2v) is 7.81. The Morgan fingerprint density at radius 1 is 1.03 bits per heavy atom. The summed E-state index contributed by atoms with van der Waals surface area (Å²) in [6, 6.07) is 16.0. The third-order valence-corrected chi connectivity index (χ3v) is 5.31. The number of hydrazine groups is 1. The van der Waals surface area contributed by atoms with Crippen LogP contribution in [-0.4, -0.2) is 22.7 Å². The molecule has 0 radical (unpaired) electrons. The van der Waals surface area contributed by atoms with Crippen LogP contribution in [0.4, 0.5) is 11.4 Å². The summed E-state index contributed by atoms with van der Waals surface area (Å²) in [6.07, 6.45) is 1.12. The predicted octanol–water partition coefficient (Wildman–Crippen LogP) is 4.58. The number of para-hydroxylation sites is 1. The molecule has 9 nitrogen and oxygen atoms in total. The molecule has 2 amide bonds. The molecule has 3 aromatic carbocycles. The lowest BCUT2D eigenvalue weighted by Crippen LogP contribution is -2.35. The van der Waals surface area contributed by atoms with E-state index < -0.39 is 22.7 Å². The molecule has 0 bridgehead atoms. The molecule has 0 saturated carbocycles. The van der Waals surface area contributed by atoms with Crippen LogP contribution >= 0.6 is 23.2 Å². The Hall–Kier alpha value is -4.21. The Balaban J connectivity index is 1.72. The summed E-state index contributed by atoms with van der Waals surface area (Å²) in [7, 11) is 0. The van der Waals surface area contributed by atoms with Gasteiger partial charge in [-0.25, -0.2) is 9.80 Å². The van der Waals surface area contributed by atoms with E-state index >= 15 is 0 Å². The van der Waals surface area contributed by atoms with Gasteiger partial charge in [0.25, 0.3) is 17.5 Å². The molecule has 0 unspecified atom stereocenters. The first-order valence-corrected chi connectivity index (χ1v) is 10.4. The topological polar surface area (TPSA) is 119 Å². The van der Waals surface area contributed by atoms with Crippen molar-refractivity contribution < 1.29 is 24.0 Å². The highest BCUT2D eigenvalue weighted by Crippen LogP contribution is 2.30. The van der Waals surface area contributed by atoms with Crippen molar-refractivity contribution in [1.29, 1.82) is 0 Å². The van der Waals surface area contributed by atoms with Crippen molar-refractivity contribution in [3.05, 3.63) is 104 Å². The van der Waals surface area contributed by atoms with E-state index in [0.717, 1.165) is 23.2 Å². The lowest BCUT2D eigenvalue weighted by atomic mass is 10.1. The number of nitro benzene ring substituents is 1. The SMILES string of the molecule is O=C1NN(c2ccccc2)C(=O)/C1=C\c1cc([N+](=O)[O-])ccc1OC(=O)c1ccc(Cl)cc1Cl. The van der Waals surface area contributed by atoms with Gasteiger partial charge in [-0.3, -0.25) is 25.1 Å². The first-order chi connectivity index (χ1) is 16.2. The second kappa shape index (κ2) is 9.34. The number of ether oxygens (including phenoxy) is 1. The lowest BCUT2D eigenvalue weighted by molar-refractivity contribution is -0.384. The summed E-state index contributed by atoms with van der Waals surface area (Å²) in [5.74, 6) is -2.38. The van der Waals surface area contributed by atoms with Crippen molar-refractivity contribution in [2.45, 2.75) is 0 Å². The average Bonchev–Trinajstić information content (AvgIpc) is 3.08. The molecule has 1 heterocycles. The summed E-state index contributed by atoms with van der Waals surface area (Å²) in [4.78, 5) is 48.7. The summed E-state index contributed by atoms with van der Waals surface area (Å²) in [6.45, 7) is 0. The number of non-ortho nitro benzene ring substituents is 1. The van der Waals surface area contributed by atoms with E-state index in [1.165, 1.54) is 24.3 Å². The van der Waals surface area contributed by atoms with Gasteiger partial charge in [0.05, 0.1) is 21.2 Å². The summed E-state index contributed by atoms with van der Waals surface area (Å²) in [5.41, 5.74) is 2.20. The summed E-state index contributed by atoms with van der Waals surface area (Å²) >= 11 is 11.9. The fourth-order valence-corrected chi connectivity index (χ4v) is 3.62. The van der Waals surface area contributed by atoms with E-state index in [4.69, 9.17) is 27.9 Å². The quantitative estimate of drug-likeness (QED) is 0.137. The van der Waals surface area contributed by atoms with Crippen LogP contribution in [0, 0.1) is 10.1 Å². The molecular weight excluding hydrogens is 485 g/mol. The monoisotopic (exact) mass is 497 g/mol. The number of benzene rings is 3. The Labute approximate surface area is 202 Å². The first kappa shape index (κ1) is 23.0. The molecule has 0 spiro atoms. The number of esters is 1. The molecule has 0 aromatic heterocycles. The third-order valence-electron chi connectivity index (χ3n) is 4.76. The molecule has 1 fully saturated rings. The van der Waals surface area contributed by atoms with Gasteiger partial charge in [-0.05, 0) is 42.5 Å². The molecule has 34 heavy (non-hydrogen) atoms. The minimum atomic E-state index is -0.858. The van der Waals surface area contributed by atoms with Crippen LogP contribution in [0.15, 0.2) is 72.3 Å². The van der Waals surface area contributed by atoms with Gasteiger partial charge in [-0.2, -0.15) is 0 Å². The Bertz CT molecular complexity index is 1370. The fraction of sp³-hybridized carbons (Fsp3) is 0. The Kier molecular flexibility index (Phi) is 6.31. The van der Waals surface area contributed by atoms with Crippen LogP contribution in [0.3, 0.4) is 0 Å². The molecule has 170 valence electrons. The molecule has 1 saturated heterocycles. The van der Waals surface area contributed by atoms with Gasteiger partial charge < -0.3 is 4.74 Å². The summed E-state index contributed by atoms with van der Waals surface area (Å²) < 4.78 is 5.39. The van der Waals surface area contributed by atoms with E-state index in [0.29, 0.717) is 10.7 Å². The molecule has 1 N–H and O–H groups in total. The zero-order chi connectivity index (χ0) is 24.4. The number of hydrogen-bond donors (Lipinski definition) is 1. The van der Waals surface area contributed by atoms with Gasteiger partial charge in [-0.1, -0.05) is 41.4 Å². The fourth-order valence-electron chi connectivity index (χ4n) is 3.14. The van der Waals surface area contributed by atoms with Gasteiger partial charge in [0.2, 0.25) is 0 Å². The molecule has 11 heteroatoms. The maximum Gasteiger partial charge on any atom is 0.345 e. The maximum atomic E-state index is 12.9. The van der Waals surface area contributed by atoms with Crippen LogP contribution in [0.25, 0.3) is 6.08 Å². The molecule has 1 aliphatic heterocycles. The van der Waals surface area contributed by atoms with E-state index in [1.54, 1.807) is 30.3 Å². The number of carbonyl (C=O) groups is 3. The number of nitrogens with one attached hydrogen (secondary N) is 1. The van der Waals surface area contributed by atoms with Crippen molar-refractivity contribution in [3.8, 4) is 5.75 Å². The Morgan fingerprint density at radius 3 is 2.44 bits per heavy atom. The number of nitro groups is 1. The predicted molar refractivity (Wildman–Crippen MR) is 125 cm³/mol. The number of halogens is 2. The molecule has 4 rings (SSSR count). The summed E-state index contributed by atoms with van der Waals surface area (Å²) in [5, 5.41) is 12.7. The van der Waals surface area contributed by atoms with Crippen molar-refractivity contribution in [3.63, 3.8) is 0 Å². The number of amides is 2. The molecule has 3 aromatic rings. The van der Waals surface area contributed by atoms with Gasteiger partial charge >= 0.3 is 5.97 Å². The van der Waals surface area contributed by atoms with Crippen LogP contribution in [0.2, 0.25) is 10.0 Å². The van der Waals surface area contributed by atoms with E-state index in [1.807, 2.05) is 0 Å². The normalized spacial score (nSPS) is 14.3. The van der Waals surface area contributed by atoms with E-state index in [-0.39, 0.29) is 33.2 Å². The Morgan fingerprint density at radius 2 is 1.76 bits per heavy atom. The van der Waals surface area contributed by atoms with Crippen molar-refractivity contribution in [2.75, 3.05) is 5.01 Å². The zero-order valence-corrected chi connectivity index (χ0v) is 18.5. The van der Waals surface area contributed by atoms with Crippen molar-refractivity contribution in [1.82, 2.24) is 5.43 Å². The van der Waals surface area contributed by atoms with Crippen molar-refractivity contribution in [2.24, 2.45) is 0 Å².